The van der Waals surface area contributed by atoms with Gasteiger partial charge in [-0.25, -0.2) is 8.78 Å². The van der Waals surface area contributed by atoms with Crippen LogP contribution in [0.25, 0.3) is 0 Å². The van der Waals surface area contributed by atoms with Crippen molar-refractivity contribution in [2.45, 2.75) is 19.1 Å². The number of likely N-dealkylation sites (N-methyl/N-ethyl adjacent to an activating group) is 1. The molecule has 5 heteroatoms. The molecular formula is C16H16ClF2NO. The molecule has 2 nitrogen and oxygen atoms in total. The summed E-state index contributed by atoms with van der Waals surface area (Å²) < 4.78 is 32.2. The molecule has 0 amide bonds. The maximum Gasteiger partial charge on any atom is 0.159 e. The Labute approximate surface area is 127 Å². The molecule has 0 fully saturated rings. The lowest BCUT2D eigenvalue weighted by Gasteiger charge is -2.25. The van der Waals surface area contributed by atoms with Crippen molar-refractivity contribution in [2.75, 3.05) is 7.05 Å². The fourth-order valence-electron chi connectivity index (χ4n) is 2.20. The van der Waals surface area contributed by atoms with Gasteiger partial charge in [-0.2, -0.15) is 0 Å². The van der Waals surface area contributed by atoms with Crippen molar-refractivity contribution >= 4 is 11.6 Å². The second-order valence-corrected chi connectivity index (χ2v) is 5.16. The van der Waals surface area contributed by atoms with Crippen LogP contribution in [0.5, 0.6) is 5.75 Å². The van der Waals surface area contributed by atoms with Gasteiger partial charge in [-0.15, -0.1) is 0 Å². The molecule has 0 saturated carbocycles. The van der Waals surface area contributed by atoms with Crippen molar-refractivity contribution in [3.63, 3.8) is 0 Å². The van der Waals surface area contributed by atoms with Gasteiger partial charge in [0, 0.05) is 5.02 Å². The Balaban J connectivity index is 2.18. The molecule has 2 atom stereocenters. The molecule has 0 aromatic heterocycles. The summed E-state index contributed by atoms with van der Waals surface area (Å²) in [6.07, 6.45) is -0.293. The highest BCUT2D eigenvalue weighted by atomic mass is 35.5. The van der Waals surface area contributed by atoms with Gasteiger partial charge in [-0.3, -0.25) is 0 Å². The highest BCUT2D eigenvalue weighted by molar-refractivity contribution is 6.30. The first kappa shape index (κ1) is 15.7. The van der Waals surface area contributed by atoms with Gasteiger partial charge in [0.15, 0.2) is 11.6 Å². The van der Waals surface area contributed by atoms with E-state index < -0.39 is 11.6 Å². The maximum atomic E-state index is 13.4. The molecular weight excluding hydrogens is 296 g/mol. The third-order valence-corrected chi connectivity index (χ3v) is 3.44. The van der Waals surface area contributed by atoms with Crippen LogP contribution < -0.4 is 10.1 Å². The molecule has 0 bridgehead atoms. The molecule has 0 aliphatic heterocycles. The summed E-state index contributed by atoms with van der Waals surface area (Å²) in [6.45, 7) is 1.85. The zero-order valence-corrected chi connectivity index (χ0v) is 12.5. The quantitative estimate of drug-likeness (QED) is 0.886. The van der Waals surface area contributed by atoms with Crippen LogP contribution >= 0.6 is 11.6 Å². The minimum absolute atomic E-state index is 0.279. The molecule has 0 spiro atoms. The van der Waals surface area contributed by atoms with Gasteiger partial charge >= 0.3 is 0 Å². The van der Waals surface area contributed by atoms with Gasteiger partial charge in [0.1, 0.15) is 11.9 Å². The lowest BCUT2D eigenvalue weighted by molar-refractivity contribution is 0.175. The largest absolute Gasteiger partial charge is 0.489 e. The summed E-state index contributed by atoms with van der Waals surface area (Å²) in [5.41, 5.74) is 0.617. The Morgan fingerprint density at radius 2 is 1.86 bits per heavy atom. The van der Waals surface area contributed by atoms with Crippen molar-refractivity contribution in [3.8, 4) is 5.75 Å². The smallest absolute Gasteiger partial charge is 0.159 e. The van der Waals surface area contributed by atoms with E-state index in [2.05, 4.69) is 5.32 Å². The Bertz CT molecular complexity index is 621. The zero-order chi connectivity index (χ0) is 15.4. The lowest BCUT2D eigenvalue weighted by atomic mass is 10.0. The number of hydrogen-bond donors (Lipinski definition) is 1. The maximum absolute atomic E-state index is 13.4. The molecule has 0 radical (unpaired) electrons. The fourth-order valence-corrected chi connectivity index (χ4v) is 2.38. The summed E-state index contributed by atoms with van der Waals surface area (Å²) in [7, 11) is 1.74. The van der Waals surface area contributed by atoms with Gasteiger partial charge in [0.05, 0.1) is 6.04 Å². The van der Waals surface area contributed by atoms with Crippen LogP contribution in [0.3, 0.4) is 0 Å². The van der Waals surface area contributed by atoms with E-state index in [1.807, 2.05) is 6.92 Å². The first-order valence-electron chi connectivity index (χ1n) is 6.55. The highest BCUT2D eigenvalue weighted by Gasteiger charge is 2.20. The predicted octanol–water partition coefficient (Wildman–Crippen LogP) is 4.35. The Hall–Kier alpha value is -1.65. The average molecular weight is 312 g/mol. The fraction of sp³-hybridized carbons (Fsp3) is 0.250. The molecule has 0 heterocycles. The SMILES string of the molecule is CNC(c1ccc(F)c(F)c1)C(C)Oc1cccc(Cl)c1. The first-order valence-corrected chi connectivity index (χ1v) is 6.93. The van der Waals surface area contributed by atoms with Crippen LogP contribution in [0.15, 0.2) is 42.5 Å². The number of halogens is 3. The number of ether oxygens (including phenoxy) is 1. The minimum Gasteiger partial charge on any atom is -0.489 e. The predicted molar refractivity (Wildman–Crippen MR) is 79.7 cm³/mol. The molecule has 2 aromatic rings. The third kappa shape index (κ3) is 3.93. The molecule has 112 valence electrons. The van der Waals surface area contributed by atoms with Gasteiger partial charge in [0.25, 0.3) is 0 Å². The van der Waals surface area contributed by atoms with E-state index in [4.69, 9.17) is 16.3 Å². The van der Waals surface area contributed by atoms with Crippen molar-refractivity contribution in [2.24, 2.45) is 0 Å². The van der Waals surface area contributed by atoms with E-state index in [-0.39, 0.29) is 12.1 Å². The van der Waals surface area contributed by atoms with E-state index in [9.17, 15) is 8.78 Å². The average Bonchev–Trinajstić information content (AvgIpc) is 2.43. The standard InChI is InChI=1S/C16H16ClF2NO/c1-10(21-13-5-3-4-12(17)9-13)16(20-2)11-6-7-14(18)15(19)8-11/h3-10,16,20H,1-2H3. The summed E-state index contributed by atoms with van der Waals surface area (Å²) in [6, 6.07) is 10.6. The monoisotopic (exact) mass is 311 g/mol. The summed E-state index contributed by atoms with van der Waals surface area (Å²) in [5.74, 6) is -1.11. The van der Waals surface area contributed by atoms with Crippen molar-refractivity contribution in [1.82, 2.24) is 5.32 Å². The Kier molecular flexibility index (Phi) is 5.15. The minimum atomic E-state index is -0.872. The zero-order valence-electron chi connectivity index (χ0n) is 11.7. The van der Waals surface area contributed by atoms with E-state index in [1.165, 1.54) is 12.1 Å². The molecule has 2 aromatic carbocycles. The normalized spacial score (nSPS) is 13.8. The van der Waals surface area contributed by atoms with Crippen LogP contribution in [0, 0.1) is 11.6 Å². The van der Waals surface area contributed by atoms with Crippen LogP contribution in [-0.2, 0) is 0 Å². The van der Waals surface area contributed by atoms with Crippen LogP contribution in [0.2, 0.25) is 5.02 Å². The third-order valence-electron chi connectivity index (χ3n) is 3.20. The Morgan fingerprint density at radius 1 is 1.10 bits per heavy atom. The van der Waals surface area contributed by atoms with E-state index in [0.29, 0.717) is 16.3 Å². The lowest BCUT2D eigenvalue weighted by Crippen LogP contribution is -2.31. The van der Waals surface area contributed by atoms with Crippen LogP contribution in [0.1, 0.15) is 18.5 Å². The molecule has 2 unspecified atom stereocenters. The molecule has 0 saturated heterocycles. The number of benzene rings is 2. The van der Waals surface area contributed by atoms with Crippen LogP contribution in [0.4, 0.5) is 8.78 Å². The van der Waals surface area contributed by atoms with Gasteiger partial charge in [0.2, 0.25) is 0 Å². The van der Waals surface area contributed by atoms with Gasteiger partial charge in [-0.05, 0) is 49.9 Å². The van der Waals surface area contributed by atoms with E-state index in [1.54, 1.807) is 31.3 Å². The molecule has 0 aliphatic carbocycles. The van der Waals surface area contributed by atoms with E-state index >= 15 is 0 Å². The highest BCUT2D eigenvalue weighted by Crippen LogP contribution is 2.24. The Morgan fingerprint density at radius 3 is 2.48 bits per heavy atom. The van der Waals surface area contributed by atoms with Crippen molar-refractivity contribution < 1.29 is 13.5 Å². The number of hydrogen-bond acceptors (Lipinski definition) is 2. The summed E-state index contributed by atoms with van der Waals surface area (Å²) >= 11 is 5.91. The van der Waals surface area contributed by atoms with Crippen molar-refractivity contribution in [1.29, 1.82) is 0 Å². The summed E-state index contributed by atoms with van der Waals surface area (Å²) in [4.78, 5) is 0. The molecule has 21 heavy (non-hydrogen) atoms. The second-order valence-electron chi connectivity index (χ2n) is 4.72. The van der Waals surface area contributed by atoms with E-state index in [0.717, 1.165) is 6.07 Å². The van der Waals surface area contributed by atoms with Gasteiger partial charge < -0.3 is 10.1 Å². The first-order chi connectivity index (χ1) is 10.0. The molecule has 0 aliphatic rings. The topological polar surface area (TPSA) is 21.3 Å². The summed E-state index contributed by atoms with van der Waals surface area (Å²) in [5, 5.41) is 3.63. The number of rotatable bonds is 5. The molecule has 2 rings (SSSR count). The second kappa shape index (κ2) is 6.87. The van der Waals surface area contributed by atoms with Gasteiger partial charge in [-0.1, -0.05) is 23.7 Å². The van der Waals surface area contributed by atoms with Crippen LogP contribution in [-0.4, -0.2) is 13.2 Å². The number of nitrogens with one attached hydrogen (secondary N) is 1. The van der Waals surface area contributed by atoms with Crippen molar-refractivity contribution in [3.05, 3.63) is 64.7 Å². The molecule has 1 N–H and O–H groups in total.